The normalized spacial score (nSPS) is 14.1. The van der Waals surface area contributed by atoms with Crippen LogP contribution in [0.15, 0.2) is 60.8 Å². The molecule has 3 aromatic rings. The van der Waals surface area contributed by atoms with Crippen LogP contribution in [0.2, 0.25) is 0 Å². The summed E-state index contributed by atoms with van der Waals surface area (Å²) in [5, 5.41) is 2.91. The lowest BCUT2D eigenvalue weighted by atomic mass is 10.0. The van der Waals surface area contributed by atoms with Crippen molar-refractivity contribution < 1.29 is 28.2 Å². The minimum absolute atomic E-state index is 0.000132. The number of ether oxygens (including phenoxy) is 3. The zero-order valence-electron chi connectivity index (χ0n) is 21.6. The Morgan fingerprint density at radius 3 is 2.26 bits per heavy atom. The first-order chi connectivity index (χ1) is 18.1. The van der Waals surface area contributed by atoms with E-state index >= 15 is 0 Å². The van der Waals surface area contributed by atoms with Crippen molar-refractivity contribution in [2.45, 2.75) is 45.3 Å². The van der Waals surface area contributed by atoms with E-state index in [1.54, 1.807) is 48.7 Å². The molecule has 0 aliphatic carbocycles. The highest BCUT2D eigenvalue weighted by Gasteiger charge is 2.25. The SMILES string of the molecule is CC(C)(C)OC(=O)NC1CCN(c2cnc(Oc3ccc(Oc4cccc(F)c4)cc3)c(C(N)=O)c2)CC1. The Balaban J connectivity index is 1.38. The van der Waals surface area contributed by atoms with Crippen molar-refractivity contribution in [1.29, 1.82) is 0 Å². The largest absolute Gasteiger partial charge is 0.457 e. The Labute approximate surface area is 220 Å². The number of benzene rings is 2. The van der Waals surface area contributed by atoms with E-state index in [2.05, 4.69) is 15.2 Å². The molecule has 1 aliphatic rings. The molecule has 0 spiro atoms. The predicted molar refractivity (Wildman–Crippen MR) is 140 cm³/mol. The number of carbonyl (C=O) groups excluding carboxylic acids is 2. The Morgan fingerprint density at radius 1 is 1.00 bits per heavy atom. The smallest absolute Gasteiger partial charge is 0.407 e. The first kappa shape index (κ1) is 26.7. The molecule has 2 amide bonds. The second-order valence-electron chi connectivity index (χ2n) is 9.95. The zero-order chi connectivity index (χ0) is 27.3. The van der Waals surface area contributed by atoms with Crippen LogP contribution in [-0.2, 0) is 4.74 Å². The summed E-state index contributed by atoms with van der Waals surface area (Å²) in [7, 11) is 0. The first-order valence-electron chi connectivity index (χ1n) is 12.3. The molecule has 10 heteroatoms. The average Bonchev–Trinajstić information content (AvgIpc) is 2.85. The summed E-state index contributed by atoms with van der Waals surface area (Å²) < 4.78 is 30.2. The van der Waals surface area contributed by atoms with Crippen LogP contribution in [0.3, 0.4) is 0 Å². The third-order valence-corrected chi connectivity index (χ3v) is 5.75. The van der Waals surface area contributed by atoms with E-state index in [4.69, 9.17) is 19.9 Å². The minimum Gasteiger partial charge on any atom is -0.457 e. The molecule has 2 aromatic carbocycles. The van der Waals surface area contributed by atoms with Crippen molar-refractivity contribution in [3.63, 3.8) is 0 Å². The highest BCUT2D eigenvalue weighted by Crippen LogP contribution is 2.30. The van der Waals surface area contributed by atoms with Crippen LogP contribution < -0.4 is 25.4 Å². The molecule has 0 unspecified atom stereocenters. The summed E-state index contributed by atoms with van der Waals surface area (Å²) in [4.78, 5) is 30.7. The number of primary amides is 1. The fraction of sp³-hybridized carbons (Fsp3) is 0.321. The number of hydrogen-bond acceptors (Lipinski definition) is 7. The molecule has 1 saturated heterocycles. The topological polar surface area (TPSA) is 116 Å². The summed E-state index contributed by atoms with van der Waals surface area (Å²) in [6, 6.07) is 14.1. The number of carbonyl (C=O) groups is 2. The second-order valence-corrected chi connectivity index (χ2v) is 9.95. The Hall–Kier alpha value is -4.34. The fourth-order valence-electron chi connectivity index (χ4n) is 3.98. The van der Waals surface area contributed by atoms with Gasteiger partial charge in [0.25, 0.3) is 5.91 Å². The Morgan fingerprint density at radius 2 is 1.66 bits per heavy atom. The molecule has 200 valence electrons. The van der Waals surface area contributed by atoms with Crippen LogP contribution >= 0.6 is 0 Å². The molecular formula is C28H31FN4O5. The number of halogens is 1. The van der Waals surface area contributed by atoms with Crippen LogP contribution in [0.25, 0.3) is 0 Å². The van der Waals surface area contributed by atoms with Gasteiger partial charge in [-0.1, -0.05) is 6.07 Å². The molecule has 1 aliphatic heterocycles. The molecule has 4 rings (SSSR count). The molecule has 1 aromatic heterocycles. The average molecular weight is 523 g/mol. The third kappa shape index (κ3) is 7.34. The summed E-state index contributed by atoms with van der Waals surface area (Å²) in [6.07, 6.45) is 2.63. The van der Waals surface area contributed by atoms with Gasteiger partial charge in [-0.05, 0) is 76.1 Å². The molecule has 1 fully saturated rings. The lowest BCUT2D eigenvalue weighted by molar-refractivity contribution is 0.0497. The number of rotatable bonds is 7. The van der Waals surface area contributed by atoms with Crippen LogP contribution in [-0.4, -0.2) is 41.7 Å². The standard InChI is InChI=1S/C28H31FN4O5/c1-28(2,3)38-27(35)32-19-11-13-33(14-12-19)20-16-24(25(30)34)26(31-17-20)37-22-9-7-21(8-10-22)36-23-6-4-5-18(29)15-23/h4-10,15-17,19H,11-14H2,1-3H3,(H2,30,34)(H,32,35). The number of hydrogen-bond donors (Lipinski definition) is 2. The number of nitrogens with one attached hydrogen (secondary N) is 1. The molecule has 0 atom stereocenters. The van der Waals surface area contributed by atoms with Gasteiger partial charge in [-0.15, -0.1) is 0 Å². The van der Waals surface area contributed by atoms with E-state index in [9.17, 15) is 14.0 Å². The Kier molecular flexibility index (Phi) is 7.99. The van der Waals surface area contributed by atoms with Gasteiger partial charge in [-0.2, -0.15) is 0 Å². The maximum absolute atomic E-state index is 13.4. The molecule has 9 nitrogen and oxygen atoms in total. The van der Waals surface area contributed by atoms with Crippen LogP contribution in [0.5, 0.6) is 23.1 Å². The number of piperidine rings is 1. The van der Waals surface area contributed by atoms with Crippen molar-refractivity contribution in [2.75, 3.05) is 18.0 Å². The van der Waals surface area contributed by atoms with Gasteiger partial charge in [0.2, 0.25) is 5.88 Å². The molecule has 38 heavy (non-hydrogen) atoms. The van der Waals surface area contributed by atoms with Crippen LogP contribution in [0.1, 0.15) is 44.0 Å². The number of anilines is 1. The lowest BCUT2D eigenvalue weighted by Crippen LogP contribution is -2.46. The van der Waals surface area contributed by atoms with E-state index in [0.717, 1.165) is 5.69 Å². The number of nitrogens with two attached hydrogens (primary N) is 1. The molecular weight excluding hydrogens is 491 g/mol. The van der Waals surface area contributed by atoms with Crippen LogP contribution in [0, 0.1) is 5.82 Å². The maximum Gasteiger partial charge on any atom is 0.407 e. The number of pyridine rings is 1. The van der Waals surface area contributed by atoms with Crippen molar-refractivity contribution in [3.8, 4) is 23.1 Å². The molecule has 0 radical (unpaired) electrons. The van der Waals surface area contributed by atoms with Gasteiger partial charge in [-0.3, -0.25) is 4.79 Å². The summed E-state index contributed by atoms with van der Waals surface area (Å²) in [6.45, 7) is 6.79. The van der Waals surface area contributed by atoms with Crippen molar-refractivity contribution in [2.24, 2.45) is 5.73 Å². The quantitative estimate of drug-likeness (QED) is 0.427. The van der Waals surface area contributed by atoms with Crippen molar-refractivity contribution in [3.05, 3.63) is 72.2 Å². The fourth-order valence-corrected chi connectivity index (χ4v) is 3.98. The maximum atomic E-state index is 13.4. The minimum atomic E-state index is -0.665. The Bertz CT molecular complexity index is 1290. The van der Waals surface area contributed by atoms with Gasteiger partial charge in [0.15, 0.2) is 0 Å². The summed E-state index contributed by atoms with van der Waals surface area (Å²) in [5.41, 5.74) is 5.96. The first-order valence-corrected chi connectivity index (χ1v) is 12.3. The van der Waals surface area contributed by atoms with Gasteiger partial charge in [-0.25, -0.2) is 14.2 Å². The summed E-state index contributed by atoms with van der Waals surface area (Å²) in [5.74, 6) is 0.317. The number of alkyl carbamates (subject to hydrolysis) is 1. The number of aromatic nitrogens is 1. The highest BCUT2D eigenvalue weighted by atomic mass is 19.1. The van der Waals surface area contributed by atoms with E-state index in [-0.39, 0.29) is 17.5 Å². The predicted octanol–water partition coefficient (Wildman–Crippen LogP) is 5.40. The van der Waals surface area contributed by atoms with Gasteiger partial charge < -0.3 is 30.2 Å². The monoisotopic (exact) mass is 522 g/mol. The lowest BCUT2D eigenvalue weighted by Gasteiger charge is -2.34. The number of nitrogens with zero attached hydrogens (tertiary/aromatic N) is 2. The van der Waals surface area contributed by atoms with E-state index in [1.807, 2.05) is 20.8 Å². The molecule has 0 saturated carbocycles. The van der Waals surface area contributed by atoms with Crippen LogP contribution in [0.4, 0.5) is 14.9 Å². The third-order valence-electron chi connectivity index (χ3n) is 5.75. The van der Waals surface area contributed by atoms with E-state index < -0.39 is 23.4 Å². The van der Waals surface area contributed by atoms with Crippen molar-refractivity contribution in [1.82, 2.24) is 10.3 Å². The van der Waals surface area contributed by atoms with Gasteiger partial charge in [0, 0.05) is 25.2 Å². The molecule has 2 heterocycles. The zero-order valence-corrected chi connectivity index (χ0v) is 21.6. The van der Waals surface area contributed by atoms with Gasteiger partial charge in [0.1, 0.15) is 34.2 Å². The van der Waals surface area contributed by atoms with Crippen molar-refractivity contribution >= 4 is 17.7 Å². The molecule has 0 bridgehead atoms. The highest BCUT2D eigenvalue weighted by molar-refractivity contribution is 5.96. The van der Waals surface area contributed by atoms with E-state index in [0.29, 0.717) is 43.2 Å². The van der Waals surface area contributed by atoms with E-state index in [1.165, 1.54) is 12.1 Å². The van der Waals surface area contributed by atoms with Gasteiger partial charge in [0.05, 0.1) is 11.9 Å². The number of amides is 2. The summed E-state index contributed by atoms with van der Waals surface area (Å²) >= 11 is 0. The van der Waals surface area contributed by atoms with Gasteiger partial charge >= 0.3 is 6.09 Å². The second kappa shape index (κ2) is 11.4. The molecule has 3 N–H and O–H groups in total.